The Morgan fingerprint density at radius 2 is 1.35 bits per heavy atom. The van der Waals surface area contributed by atoms with Crippen LogP contribution in [0.25, 0.3) is 28.4 Å². The first-order valence-corrected chi connectivity index (χ1v) is 11.8. The van der Waals surface area contributed by atoms with Crippen LogP contribution in [0, 0.1) is 25.2 Å². The van der Waals surface area contributed by atoms with Gasteiger partial charge in [0.15, 0.2) is 0 Å². The average molecular weight is 485 g/mol. The molecule has 0 amide bonds. The Hall–Kier alpha value is -5.08. The van der Waals surface area contributed by atoms with E-state index < -0.39 is 5.97 Å². The molecule has 0 aliphatic carbocycles. The predicted molar refractivity (Wildman–Crippen MR) is 147 cm³/mol. The summed E-state index contributed by atoms with van der Waals surface area (Å²) in [5.41, 5.74) is 7.40. The van der Waals surface area contributed by atoms with Crippen molar-refractivity contribution in [3.63, 3.8) is 0 Å². The maximum Gasteiger partial charge on any atom is 0.346 e. The average Bonchev–Trinajstić information content (AvgIpc) is 3.33. The third kappa shape index (κ3) is 5.00. The van der Waals surface area contributed by atoms with Gasteiger partial charge < -0.3 is 14.4 Å². The van der Waals surface area contributed by atoms with Gasteiger partial charge >= 0.3 is 5.97 Å². The minimum atomic E-state index is -1.26. The quantitative estimate of drug-likeness (QED) is 0.194. The maximum absolute atomic E-state index is 11.2. The van der Waals surface area contributed by atoms with Gasteiger partial charge in [-0.25, -0.2) is 4.79 Å². The van der Waals surface area contributed by atoms with Gasteiger partial charge in [0.1, 0.15) is 23.0 Å². The molecule has 0 spiro atoms. The van der Waals surface area contributed by atoms with E-state index in [4.69, 9.17) is 14.8 Å². The standard InChI is InChI=1S/C32H24N2O3/c1-21-3-11-27(12-4-21)34(28-13-5-22(2)6-14-28)29-15-9-24(10-16-29)31-19-25-8-7-23(18-30(25)37-31)17-26(20-33)32(35)36/h3-19H,1-2H3,(H,35,36). The molecule has 5 rings (SSSR count). The van der Waals surface area contributed by atoms with Gasteiger partial charge in [0, 0.05) is 28.0 Å². The van der Waals surface area contributed by atoms with Crippen LogP contribution in [-0.4, -0.2) is 11.1 Å². The Bertz CT molecular complexity index is 1610. The predicted octanol–water partition coefficient (Wildman–Crippen LogP) is 8.18. The Kier molecular flexibility index (Phi) is 6.32. The van der Waals surface area contributed by atoms with Crippen LogP contribution in [0.3, 0.4) is 0 Å². The number of aliphatic carboxylic acids is 1. The number of nitriles is 1. The van der Waals surface area contributed by atoms with Gasteiger partial charge in [-0.2, -0.15) is 5.26 Å². The molecule has 1 N–H and O–H groups in total. The SMILES string of the molecule is Cc1ccc(N(c2ccc(C)cc2)c2ccc(-c3cc4ccc(C=C(C#N)C(=O)O)cc4o3)cc2)cc1. The monoisotopic (exact) mass is 484 g/mol. The highest BCUT2D eigenvalue weighted by Crippen LogP contribution is 2.36. The molecule has 37 heavy (non-hydrogen) atoms. The van der Waals surface area contributed by atoms with Crippen LogP contribution in [0.4, 0.5) is 17.1 Å². The fourth-order valence-corrected chi connectivity index (χ4v) is 4.20. The number of nitrogens with zero attached hydrogens (tertiary/aromatic N) is 2. The third-order valence-electron chi connectivity index (χ3n) is 6.20. The summed E-state index contributed by atoms with van der Waals surface area (Å²) in [7, 11) is 0. The van der Waals surface area contributed by atoms with Crippen molar-refractivity contribution in [1.29, 1.82) is 5.26 Å². The first-order valence-electron chi connectivity index (χ1n) is 11.8. The highest BCUT2D eigenvalue weighted by molar-refractivity contribution is 5.97. The fourth-order valence-electron chi connectivity index (χ4n) is 4.20. The number of carboxylic acids is 1. The minimum absolute atomic E-state index is 0.326. The van der Waals surface area contributed by atoms with Crippen molar-refractivity contribution in [2.45, 2.75) is 13.8 Å². The number of hydrogen-bond acceptors (Lipinski definition) is 4. The second kappa shape index (κ2) is 9.88. The van der Waals surface area contributed by atoms with Gasteiger partial charge in [-0.1, -0.05) is 47.5 Å². The summed E-state index contributed by atoms with van der Waals surface area (Å²) >= 11 is 0. The van der Waals surface area contributed by atoms with Crippen molar-refractivity contribution in [3.8, 4) is 17.4 Å². The smallest absolute Gasteiger partial charge is 0.346 e. The zero-order valence-electron chi connectivity index (χ0n) is 20.5. The summed E-state index contributed by atoms with van der Waals surface area (Å²) in [5, 5.41) is 19.0. The highest BCUT2D eigenvalue weighted by Gasteiger charge is 2.14. The molecule has 0 saturated heterocycles. The number of anilines is 3. The lowest BCUT2D eigenvalue weighted by Gasteiger charge is -2.26. The van der Waals surface area contributed by atoms with Crippen LogP contribution in [0.5, 0.6) is 0 Å². The maximum atomic E-state index is 11.2. The van der Waals surface area contributed by atoms with Crippen molar-refractivity contribution in [2.24, 2.45) is 0 Å². The Balaban J connectivity index is 1.49. The molecule has 0 radical (unpaired) electrons. The first kappa shape index (κ1) is 23.7. The van der Waals surface area contributed by atoms with Crippen LogP contribution < -0.4 is 4.90 Å². The van der Waals surface area contributed by atoms with E-state index in [0.717, 1.165) is 28.0 Å². The lowest BCUT2D eigenvalue weighted by atomic mass is 10.1. The number of aryl methyl sites for hydroxylation is 2. The number of carboxylic acid groups (broad SMARTS) is 1. The molecule has 5 aromatic rings. The van der Waals surface area contributed by atoms with Gasteiger partial charge in [0.25, 0.3) is 0 Å². The summed E-state index contributed by atoms with van der Waals surface area (Å²) in [6.45, 7) is 4.16. The number of fused-ring (bicyclic) bond motifs is 1. The van der Waals surface area contributed by atoms with Crippen molar-refractivity contribution < 1.29 is 14.3 Å². The number of carbonyl (C=O) groups is 1. The molecule has 180 valence electrons. The molecule has 0 fully saturated rings. The highest BCUT2D eigenvalue weighted by atomic mass is 16.4. The molecule has 5 heteroatoms. The number of rotatable bonds is 6. The van der Waals surface area contributed by atoms with Gasteiger partial charge in [0.2, 0.25) is 0 Å². The molecule has 0 unspecified atom stereocenters. The van der Waals surface area contributed by atoms with Gasteiger partial charge in [0.05, 0.1) is 0 Å². The Labute approximate surface area is 215 Å². The van der Waals surface area contributed by atoms with Crippen LogP contribution >= 0.6 is 0 Å². The van der Waals surface area contributed by atoms with Gasteiger partial charge in [-0.05, 0) is 86.2 Å². The van der Waals surface area contributed by atoms with E-state index >= 15 is 0 Å². The van der Waals surface area contributed by atoms with E-state index in [1.54, 1.807) is 18.2 Å². The summed E-state index contributed by atoms with van der Waals surface area (Å²) < 4.78 is 6.09. The summed E-state index contributed by atoms with van der Waals surface area (Å²) in [6, 6.07) is 34.2. The van der Waals surface area contributed by atoms with Crippen molar-refractivity contribution in [1.82, 2.24) is 0 Å². The third-order valence-corrected chi connectivity index (χ3v) is 6.20. The lowest BCUT2D eigenvalue weighted by Crippen LogP contribution is -2.09. The van der Waals surface area contributed by atoms with Crippen molar-refractivity contribution >= 4 is 40.1 Å². The molecule has 4 aromatic carbocycles. The van der Waals surface area contributed by atoms with Crippen LogP contribution in [0.2, 0.25) is 0 Å². The number of benzene rings is 4. The number of hydrogen-bond donors (Lipinski definition) is 1. The second-order valence-corrected chi connectivity index (χ2v) is 8.94. The largest absolute Gasteiger partial charge is 0.477 e. The van der Waals surface area contributed by atoms with Crippen LogP contribution in [0.15, 0.2) is 107 Å². The van der Waals surface area contributed by atoms with E-state index in [9.17, 15) is 4.79 Å². The molecule has 0 bridgehead atoms. The zero-order valence-corrected chi connectivity index (χ0v) is 20.5. The molecule has 0 aliphatic heterocycles. The van der Waals surface area contributed by atoms with Crippen molar-refractivity contribution in [2.75, 3.05) is 4.90 Å². The van der Waals surface area contributed by atoms with Crippen molar-refractivity contribution in [3.05, 3.63) is 119 Å². The van der Waals surface area contributed by atoms with Crippen LogP contribution in [0.1, 0.15) is 16.7 Å². The molecular weight excluding hydrogens is 460 g/mol. The van der Waals surface area contributed by atoms with Gasteiger partial charge in [-0.15, -0.1) is 0 Å². The molecule has 1 aromatic heterocycles. The zero-order chi connectivity index (χ0) is 25.9. The van der Waals surface area contributed by atoms with Crippen LogP contribution in [-0.2, 0) is 4.79 Å². The lowest BCUT2D eigenvalue weighted by molar-refractivity contribution is -0.132. The summed E-state index contributed by atoms with van der Waals surface area (Å²) in [5.74, 6) is -0.549. The molecule has 1 heterocycles. The topological polar surface area (TPSA) is 77.5 Å². The molecule has 0 saturated carbocycles. The first-order chi connectivity index (χ1) is 17.9. The fraction of sp³-hybridized carbons (Fsp3) is 0.0625. The Morgan fingerprint density at radius 1 is 0.811 bits per heavy atom. The molecule has 5 nitrogen and oxygen atoms in total. The molecule has 0 aliphatic rings. The summed E-state index contributed by atoms with van der Waals surface area (Å²) in [4.78, 5) is 13.4. The van der Waals surface area contributed by atoms with E-state index in [-0.39, 0.29) is 5.57 Å². The van der Waals surface area contributed by atoms with E-state index in [1.807, 2.05) is 24.3 Å². The van der Waals surface area contributed by atoms with E-state index in [1.165, 1.54) is 17.2 Å². The van der Waals surface area contributed by atoms with Gasteiger partial charge in [-0.3, -0.25) is 0 Å². The second-order valence-electron chi connectivity index (χ2n) is 8.94. The summed E-state index contributed by atoms with van der Waals surface area (Å²) in [6.07, 6.45) is 1.34. The van der Waals surface area contributed by atoms with E-state index in [0.29, 0.717) is 16.9 Å². The Morgan fingerprint density at radius 3 is 1.86 bits per heavy atom. The minimum Gasteiger partial charge on any atom is -0.477 e. The molecular formula is C32H24N2O3. The van der Waals surface area contributed by atoms with E-state index in [2.05, 4.69) is 79.4 Å². The normalized spacial score (nSPS) is 11.3. The number of furan rings is 1. The molecule has 0 atom stereocenters.